The number of aromatic nitrogens is 3. The lowest BCUT2D eigenvalue weighted by Gasteiger charge is -2.21. The van der Waals surface area contributed by atoms with Crippen molar-refractivity contribution in [2.45, 2.75) is 13.0 Å². The second kappa shape index (κ2) is 8.95. The fourth-order valence-corrected chi connectivity index (χ4v) is 5.02. The van der Waals surface area contributed by atoms with Crippen LogP contribution in [0.15, 0.2) is 64.1 Å². The van der Waals surface area contributed by atoms with Gasteiger partial charge in [-0.1, -0.05) is 54.8 Å². The summed E-state index contributed by atoms with van der Waals surface area (Å²) in [6.07, 6.45) is 6.18. The van der Waals surface area contributed by atoms with Crippen molar-refractivity contribution in [3.05, 3.63) is 74.7 Å². The smallest absolute Gasteiger partial charge is 0.261 e. The second-order valence-corrected chi connectivity index (χ2v) is 9.59. The average Bonchev–Trinajstić information content (AvgIpc) is 3.36. The molecule has 9 heteroatoms. The number of hydrogen-bond acceptors (Lipinski definition) is 4. The Kier molecular flexibility index (Phi) is 6.34. The molecular formula is C20H15Br2ClN4OS. The Morgan fingerprint density at radius 2 is 1.97 bits per heavy atom. The summed E-state index contributed by atoms with van der Waals surface area (Å²) in [6.45, 7) is 1.27. The number of carbonyl (C=O) groups excluding carboxylic acids is 1. The van der Waals surface area contributed by atoms with Crippen molar-refractivity contribution in [3.63, 3.8) is 0 Å². The third-order valence-electron chi connectivity index (χ3n) is 4.33. The number of benzene rings is 2. The van der Waals surface area contributed by atoms with Crippen molar-refractivity contribution in [2.75, 3.05) is 11.4 Å². The van der Waals surface area contributed by atoms with E-state index in [9.17, 15) is 4.79 Å². The number of fused-ring (bicyclic) bond motifs is 1. The van der Waals surface area contributed by atoms with Gasteiger partial charge in [0.25, 0.3) is 5.91 Å². The molecular weight excluding hydrogens is 540 g/mol. The summed E-state index contributed by atoms with van der Waals surface area (Å²) in [4.78, 5) is 23.9. The summed E-state index contributed by atoms with van der Waals surface area (Å²) in [5, 5.41) is 1.08. The van der Waals surface area contributed by atoms with Crippen molar-refractivity contribution in [1.82, 2.24) is 14.5 Å². The first-order valence-corrected chi connectivity index (χ1v) is 11.6. The second-order valence-electron chi connectivity index (χ2n) is 6.34. The van der Waals surface area contributed by atoms with E-state index in [2.05, 4.69) is 36.8 Å². The average molecular weight is 555 g/mol. The number of imidazole rings is 1. The molecule has 4 rings (SSSR count). The van der Waals surface area contributed by atoms with Crippen LogP contribution in [0.2, 0.25) is 5.02 Å². The molecule has 2 aromatic heterocycles. The first-order chi connectivity index (χ1) is 14.0. The summed E-state index contributed by atoms with van der Waals surface area (Å²) >= 11 is 14.7. The van der Waals surface area contributed by atoms with Gasteiger partial charge in [-0.2, -0.15) is 0 Å². The van der Waals surface area contributed by atoms with E-state index in [0.717, 1.165) is 32.1 Å². The van der Waals surface area contributed by atoms with E-state index in [1.54, 1.807) is 29.6 Å². The summed E-state index contributed by atoms with van der Waals surface area (Å²) in [5.41, 5.74) is 1.31. The molecule has 0 bridgehead atoms. The van der Waals surface area contributed by atoms with Crippen molar-refractivity contribution in [3.8, 4) is 0 Å². The molecule has 4 aromatic rings. The quantitative estimate of drug-likeness (QED) is 0.277. The van der Waals surface area contributed by atoms with Gasteiger partial charge in [0, 0.05) is 34.4 Å². The highest BCUT2D eigenvalue weighted by Gasteiger charge is 2.23. The summed E-state index contributed by atoms with van der Waals surface area (Å²) in [5.74, 6) is -0.167. The Labute approximate surface area is 193 Å². The van der Waals surface area contributed by atoms with E-state index in [4.69, 9.17) is 16.6 Å². The molecule has 2 heterocycles. The molecule has 5 nitrogen and oxygen atoms in total. The van der Waals surface area contributed by atoms with E-state index < -0.39 is 0 Å². The molecule has 0 aliphatic rings. The number of thiazole rings is 1. The lowest BCUT2D eigenvalue weighted by molar-refractivity contribution is 0.0986. The van der Waals surface area contributed by atoms with Crippen LogP contribution in [0, 0.1) is 0 Å². The first-order valence-electron chi connectivity index (χ1n) is 8.80. The Morgan fingerprint density at radius 1 is 1.17 bits per heavy atom. The monoisotopic (exact) mass is 552 g/mol. The topological polar surface area (TPSA) is 51.0 Å². The van der Waals surface area contributed by atoms with Crippen LogP contribution in [0.3, 0.4) is 0 Å². The van der Waals surface area contributed by atoms with Crippen LogP contribution >= 0.6 is 54.8 Å². The molecule has 29 heavy (non-hydrogen) atoms. The van der Waals surface area contributed by atoms with Crippen LogP contribution < -0.4 is 4.90 Å². The lowest BCUT2D eigenvalue weighted by Crippen LogP contribution is -2.32. The molecule has 0 radical (unpaired) electrons. The molecule has 2 aromatic carbocycles. The highest BCUT2D eigenvalue weighted by atomic mass is 79.9. The van der Waals surface area contributed by atoms with Gasteiger partial charge in [-0.25, -0.2) is 9.97 Å². The minimum Gasteiger partial charge on any atom is -0.337 e. The molecule has 0 saturated carbocycles. The van der Waals surface area contributed by atoms with Crippen molar-refractivity contribution < 1.29 is 4.79 Å². The molecule has 0 spiro atoms. The highest BCUT2D eigenvalue weighted by molar-refractivity contribution is 9.10. The maximum Gasteiger partial charge on any atom is 0.261 e. The van der Waals surface area contributed by atoms with E-state index in [1.807, 2.05) is 35.0 Å². The third kappa shape index (κ3) is 4.71. The van der Waals surface area contributed by atoms with Crippen LogP contribution in [-0.4, -0.2) is 27.0 Å². The van der Waals surface area contributed by atoms with Crippen LogP contribution in [0.4, 0.5) is 5.13 Å². The van der Waals surface area contributed by atoms with Gasteiger partial charge in [-0.05, 0) is 42.8 Å². The summed E-state index contributed by atoms with van der Waals surface area (Å²) in [6, 6.07) is 11.2. The predicted molar refractivity (Wildman–Crippen MR) is 125 cm³/mol. The van der Waals surface area contributed by atoms with Gasteiger partial charge in [-0.3, -0.25) is 9.69 Å². The lowest BCUT2D eigenvalue weighted by atomic mass is 10.2. The zero-order chi connectivity index (χ0) is 20.4. The van der Waals surface area contributed by atoms with Gasteiger partial charge in [0.15, 0.2) is 5.13 Å². The van der Waals surface area contributed by atoms with Crippen LogP contribution in [0.5, 0.6) is 0 Å². The van der Waals surface area contributed by atoms with E-state index in [0.29, 0.717) is 22.3 Å². The number of aryl methyl sites for hydroxylation is 1. The number of anilines is 1. The molecule has 1 amide bonds. The Balaban J connectivity index is 1.67. The number of hydrogen-bond donors (Lipinski definition) is 0. The number of nitrogens with zero attached hydrogens (tertiary/aromatic N) is 4. The molecule has 0 aliphatic carbocycles. The Bertz CT molecular complexity index is 1160. The summed E-state index contributed by atoms with van der Waals surface area (Å²) < 4.78 is 4.79. The molecule has 0 unspecified atom stereocenters. The number of rotatable bonds is 6. The Morgan fingerprint density at radius 3 is 2.76 bits per heavy atom. The van der Waals surface area contributed by atoms with E-state index in [-0.39, 0.29) is 5.91 Å². The van der Waals surface area contributed by atoms with Crippen LogP contribution in [-0.2, 0) is 6.54 Å². The van der Waals surface area contributed by atoms with Crippen molar-refractivity contribution in [2.24, 2.45) is 0 Å². The van der Waals surface area contributed by atoms with Crippen LogP contribution in [0.1, 0.15) is 16.8 Å². The zero-order valence-corrected chi connectivity index (χ0v) is 19.8. The SMILES string of the molecule is O=C(c1cc(Br)ccc1Cl)N(CCCn1ccnc1)c1nc2ccc(Br)cc2s1. The third-order valence-corrected chi connectivity index (χ3v) is 6.69. The molecule has 0 atom stereocenters. The van der Waals surface area contributed by atoms with Gasteiger partial charge in [0.2, 0.25) is 0 Å². The first kappa shape index (κ1) is 20.5. The minimum absolute atomic E-state index is 0.167. The molecule has 0 N–H and O–H groups in total. The molecule has 0 aliphatic heterocycles. The van der Waals surface area contributed by atoms with Gasteiger partial charge < -0.3 is 4.57 Å². The van der Waals surface area contributed by atoms with Crippen LogP contribution in [0.25, 0.3) is 10.2 Å². The van der Waals surface area contributed by atoms with Gasteiger partial charge >= 0.3 is 0 Å². The highest BCUT2D eigenvalue weighted by Crippen LogP contribution is 2.33. The number of carbonyl (C=O) groups is 1. The van der Waals surface area contributed by atoms with Crippen molar-refractivity contribution in [1.29, 1.82) is 0 Å². The van der Waals surface area contributed by atoms with Gasteiger partial charge in [0.1, 0.15) is 0 Å². The molecule has 148 valence electrons. The zero-order valence-electron chi connectivity index (χ0n) is 15.1. The fourth-order valence-electron chi connectivity index (χ4n) is 2.92. The largest absolute Gasteiger partial charge is 0.337 e. The van der Waals surface area contributed by atoms with Gasteiger partial charge in [-0.15, -0.1) is 0 Å². The van der Waals surface area contributed by atoms with E-state index >= 15 is 0 Å². The fraction of sp³-hybridized carbons (Fsp3) is 0.150. The summed E-state index contributed by atoms with van der Waals surface area (Å²) in [7, 11) is 0. The minimum atomic E-state index is -0.167. The predicted octanol–water partition coefficient (Wildman–Crippen LogP) is 6.41. The Hall–Kier alpha value is -1.74. The number of halogens is 3. The van der Waals surface area contributed by atoms with Crippen molar-refractivity contribution >= 4 is 76.1 Å². The standard InChI is InChI=1S/C20H15Br2ClN4OS/c21-13-2-4-16(23)15(10-13)19(28)27(8-1-7-26-9-6-24-12-26)20-25-17-5-3-14(22)11-18(17)29-20/h2-6,9-12H,1,7-8H2. The molecule has 0 fully saturated rings. The maximum atomic E-state index is 13.4. The number of amides is 1. The maximum absolute atomic E-state index is 13.4. The van der Waals surface area contributed by atoms with Gasteiger partial charge in [0.05, 0.1) is 27.1 Å². The molecule has 0 saturated heterocycles. The normalized spacial score (nSPS) is 11.1. The van der Waals surface area contributed by atoms with E-state index in [1.165, 1.54) is 11.3 Å².